The zero-order valence-corrected chi connectivity index (χ0v) is 13.6. The minimum Gasteiger partial charge on any atom is -0.483 e. The van der Waals surface area contributed by atoms with Crippen molar-refractivity contribution in [1.29, 1.82) is 0 Å². The van der Waals surface area contributed by atoms with Crippen LogP contribution in [0.5, 0.6) is 0 Å². The van der Waals surface area contributed by atoms with E-state index in [0.29, 0.717) is 6.04 Å². The fourth-order valence-corrected chi connectivity index (χ4v) is 2.80. The van der Waals surface area contributed by atoms with Gasteiger partial charge in [0.2, 0.25) is 0 Å². The second kappa shape index (κ2) is 8.49. The highest BCUT2D eigenvalue weighted by molar-refractivity contribution is 7.11. The Labute approximate surface area is 129 Å². The molecule has 0 fully saturated rings. The largest absolute Gasteiger partial charge is 0.483 e. The third-order valence-corrected chi connectivity index (χ3v) is 4.29. The molecule has 2 heterocycles. The second-order valence-corrected chi connectivity index (χ2v) is 5.99. The van der Waals surface area contributed by atoms with Gasteiger partial charge in [0.25, 0.3) is 6.47 Å². The van der Waals surface area contributed by atoms with Gasteiger partial charge in [0.1, 0.15) is 5.01 Å². The Morgan fingerprint density at radius 1 is 1.43 bits per heavy atom. The number of nitrogens with zero attached hydrogens (tertiary/aromatic N) is 3. The maximum Gasteiger partial charge on any atom is 0.290 e. The van der Waals surface area contributed by atoms with Gasteiger partial charge >= 0.3 is 0 Å². The highest BCUT2D eigenvalue weighted by Gasteiger charge is 2.14. The molecular weight excluding hydrogens is 286 g/mol. The van der Waals surface area contributed by atoms with Crippen LogP contribution in [-0.4, -0.2) is 33.5 Å². The molecule has 1 N–H and O–H groups in total. The molecule has 114 valence electrons. The lowest BCUT2D eigenvalue weighted by Crippen LogP contribution is -2.22. The minimum atomic E-state index is -0.250. The van der Waals surface area contributed by atoms with E-state index in [4.69, 9.17) is 9.90 Å². The van der Waals surface area contributed by atoms with Crippen molar-refractivity contribution in [2.75, 3.05) is 7.05 Å². The van der Waals surface area contributed by atoms with Gasteiger partial charge in [0.05, 0.1) is 17.9 Å². The van der Waals surface area contributed by atoms with Crippen LogP contribution in [0.25, 0.3) is 0 Å². The van der Waals surface area contributed by atoms with Crippen LogP contribution in [0.3, 0.4) is 0 Å². The molecule has 21 heavy (non-hydrogen) atoms. The van der Waals surface area contributed by atoms with Gasteiger partial charge in [-0.2, -0.15) is 0 Å². The van der Waals surface area contributed by atoms with E-state index in [1.165, 1.54) is 9.88 Å². The van der Waals surface area contributed by atoms with Gasteiger partial charge in [-0.3, -0.25) is 14.7 Å². The molecule has 0 radical (unpaired) electrons. The van der Waals surface area contributed by atoms with Crippen molar-refractivity contribution in [2.24, 2.45) is 0 Å². The normalized spacial score (nSPS) is 11.7. The molecule has 0 saturated carbocycles. The SMILES string of the molecule is Cc1nc(CN(C)C(C)c2ccccn2)sc1C.O=CO. The summed E-state index contributed by atoms with van der Waals surface area (Å²) in [6.45, 7) is 6.99. The van der Waals surface area contributed by atoms with E-state index in [9.17, 15) is 0 Å². The van der Waals surface area contributed by atoms with Crippen molar-refractivity contribution in [2.45, 2.75) is 33.4 Å². The summed E-state index contributed by atoms with van der Waals surface area (Å²) in [6, 6.07) is 6.35. The number of aryl methyl sites for hydroxylation is 2. The summed E-state index contributed by atoms with van der Waals surface area (Å²) in [5.41, 5.74) is 2.25. The Kier molecular flexibility index (Phi) is 6.98. The van der Waals surface area contributed by atoms with E-state index < -0.39 is 0 Å². The lowest BCUT2D eigenvalue weighted by molar-refractivity contribution is -0.122. The van der Waals surface area contributed by atoms with Crippen LogP contribution in [0.4, 0.5) is 0 Å². The van der Waals surface area contributed by atoms with Crippen LogP contribution >= 0.6 is 11.3 Å². The predicted octanol–water partition coefficient (Wildman–Crippen LogP) is 3.05. The standard InChI is InChI=1S/C14H19N3S.CH2O2/c1-10-12(3)18-14(16-10)9-17(4)11(2)13-7-5-6-8-15-13;2-1-3/h5-8,11H,9H2,1-4H3;1H,(H,2,3). The highest BCUT2D eigenvalue weighted by Crippen LogP contribution is 2.22. The van der Waals surface area contributed by atoms with Crippen LogP contribution < -0.4 is 0 Å². The smallest absolute Gasteiger partial charge is 0.290 e. The summed E-state index contributed by atoms with van der Waals surface area (Å²) < 4.78 is 0. The van der Waals surface area contributed by atoms with E-state index in [-0.39, 0.29) is 6.47 Å². The van der Waals surface area contributed by atoms with Crippen molar-refractivity contribution < 1.29 is 9.90 Å². The number of carboxylic acid groups (broad SMARTS) is 1. The third kappa shape index (κ3) is 5.24. The monoisotopic (exact) mass is 307 g/mol. The number of thiazole rings is 1. The molecule has 0 aliphatic carbocycles. The van der Waals surface area contributed by atoms with Gasteiger partial charge in [-0.1, -0.05) is 6.07 Å². The topological polar surface area (TPSA) is 66.3 Å². The van der Waals surface area contributed by atoms with E-state index in [2.05, 4.69) is 48.8 Å². The van der Waals surface area contributed by atoms with Gasteiger partial charge in [-0.05, 0) is 40.0 Å². The first-order chi connectivity index (χ1) is 9.99. The van der Waals surface area contributed by atoms with E-state index >= 15 is 0 Å². The fourth-order valence-electron chi connectivity index (χ4n) is 1.81. The maximum absolute atomic E-state index is 8.36. The molecule has 0 spiro atoms. The fraction of sp³-hybridized carbons (Fsp3) is 0.400. The zero-order chi connectivity index (χ0) is 15.8. The molecule has 5 nitrogen and oxygen atoms in total. The van der Waals surface area contributed by atoms with Gasteiger partial charge < -0.3 is 5.11 Å². The lowest BCUT2D eigenvalue weighted by atomic mass is 10.2. The Morgan fingerprint density at radius 2 is 2.10 bits per heavy atom. The average Bonchev–Trinajstić information content (AvgIpc) is 2.78. The molecule has 2 rings (SSSR count). The van der Waals surface area contributed by atoms with Crippen molar-refractivity contribution in [3.63, 3.8) is 0 Å². The Morgan fingerprint density at radius 3 is 2.57 bits per heavy atom. The summed E-state index contributed by atoms with van der Waals surface area (Å²) >= 11 is 1.78. The van der Waals surface area contributed by atoms with E-state index in [0.717, 1.165) is 17.9 Å². The summed E-state index contributed by atoms with van der Waals surface area (Å²) in [5.74, 6) is 0. The molecule has 0 aliphatic heterocycles. The van der Waals surface area contributed by atoms with E-state index in [1.54, 1.807) is 11.3 Å². The first-order valence-electron chi connectivity index (χ1n) is 6.61. The highest BCUT2D eigenvalue weighted by atomic mass is 32.1. The number of hydrogen-bond acceptors (Lipinski definition) is 5. The molecule has 2 aromatic heterocycles. The third-order valence-electron chi connectivity index (χ3n) is 3.23. The van der Waals surface area contributed by atoms with Crippen LogP contribution in [-0.2, 0) is 11.3 Å². The molecule has 2 aromatic rings. The molecule has 1 unspecified atom stereocenters. The van der Waals surface area contributed by atoms with Crippen LogP contribution in [0.15, 0.2) is 24.4 Å². The van der Waals surface area contributed by atoms with Gasteiger partial charge in [0.15, 0.2) is 0 Å². The van der Waals surface area contributed by atoms with Gasteiger partial charge in [0, 0.05) is 17.1 Å². The molecule has 1 atom stereocenters. The Balaban J connectivity index is 0.000000677. The van der Waals surface area contributed by atoms with Crippen molar-refractivity contribution in [1.82, 2.24) is 14.9 Å². The number of hydrogen-bond donors (Lipinski definition) is 1. The minimum absolute atomic E-state index is 0.250. The van der Waals surface area contributed by atoms with Gasteiger partial charge in [-0.25, -0.2) is 4.98 Å². The summed E-state index contributed by atoms with van der Waals surface area (Å²) in [4.78, 5) is 20.9. The summed E-state index contributed by atoms with van der Waals surface area (Å²) in [6.07, 6.45) is 1.84. The Hall–Kier alpha value is -1.79. The summed E-state index contributed by atoms with van der Waals surface area (Å²) in [5, 5.41) is 8.07. The predicted molar refractivity (Wildman–Crippen MR) is 84.4 cm³/mol. The first kappa shape index (κ1) is 17.3. The van der Waals surface area contributed by atoms with Crippen LogP contribution in [0.2, 0.25) is 0 Å². The Bertz CT molecular complexity index is 538. The quantitative estimate of drug-likeness (QED) is 0.879. The molecular formula is C15H21N3O2S. The molecule has 0 bridgehead atoms. The van der Waals surface area contributed by atoms with E-state index in [1.807, 2.05) is 18.3 Å². The maximum atomic E-state index is 8.36. The lowest BCUT2D eigenvalue weighted by Gasteiger charge is -2.23. The number of rotatable bonds is 4. The molecule has 0 aromatic carbocycles. The average molecular weight is 307 g/mol. The van der Waals surface area contributed by atoms with Crippen molar-refractivity contribution >= 4 is 17.8 Å². The first-order valence-corrected chi connectivity index (χ1v) is 7.43. The second-order valence-electron chi connectivity index (χ2n) is 4.70. The molecule has 0 saturated heterocycles. The number of pyridine rings is 1. The molecule has 0 amide bonds. The van der Waals surface area contributed by atoms with Gasteiger partial charge in [-0.15, -0.1) is 11.3 Å². The molecule has 6 heteroatoms. The summed E-state index contributed by atoms with van der Waals surface area (Å²) in [7, 11) is 2.12. The van der Waals surface area contributed by atoms with Crippen molar-refractivity contribution in [3.8, 4) is 0 Å². The molecule has 0 aliphatic rings. The van der Waals surface area contributed by atoms with Crippen LogP contribution in [0.1, 0.15) is 34.2 Å². The number of carbonyl (C=O) groups is 1. The number of aromatic nitrogens is 2. The van der Waals surface area contributed by atoms with Crippen molar-refractivity contribution in [3.05, 3.63) is 45.7 Å². The van der Waals surface area contributed by atoms with Crippen LogP contribution in [0, 0.1) is 13.8 Å². The zero-order valence-electron chi connectivity index (χ0n) is 12.8.